The van der Waals surface area contributed by atoms with Gasteiger partial charge in [-0.25, -0.2) is 12.7 Å². The molecular formula is C15H28N2O3S. The van der Waals surface area contributed by atoms with Crippen LogP contribution in [0.15, 0.2) is 0 Å². The Labute approximate surface area is 128 Å². The van der Waals surface area contributed by atoms with Crippen LogP contribution < -0.4 is 5.32 Å². The number of rotatable bonds is 4. The fourth-order valence-corrected chi connectivity index (χ4v) is 4.54. The topological polar surface area (TPSA) is 66.5 Å². The predicted molar refractivity (Wildman–Crippen MR) is 83.3 cm³/mol. The molecule has 122 valence electrons. The van der Waals surface area contributed by atoms with Crippen LogP contribution in [-0.2, 0) is 14.8 Å². The van der Waals surface area contributed by atoms with Crippen LogP contribution in [0.25, 0.3) is 0 Å². The van der Waals surface area contributed by atoms with E-state index in [1.165, 1.54) is 23.6 Å². The maximum Gasteiger partial charge on any atom is 0.223 e. The number of hydrogen-bond donors (Lipinski definition) is 1. The van der Waals surface area contributed by atoms with Crippen LogP contribution >= 0.6 is 0 Å². The Morgan fingerprint density at radius 3 is 2.33 bits per heavy atom. The molecule has 0 aromatic heterocycles. The molecule has 21 heavy (non-hydrogen) atoms. The molecule has 1 aliphatic heterocycles. The van der Waals surface area contributed by atoms with E-state index >= 15 is 0 Å². The van der Waals surface area contributed by atoms with E-state index in [0.717, 1.165) is 6.42 Å². The third kappa shape index (κ3) is 4.19. The number of carbonyl (C=O) groups excluding carboxylic acids is 1. The zero-order chi connectivity index (χ0) is 15.5. The van der Waals surface area contributed by atoms with Crippen molar-refractivity contribution >= 4 is 15.9 Å². The van der Waals surface area contributed by atoms with Crippen LogP contribution in [0.4, 0.5) is 0 Å². The maximum atomic E-state index is 12.4. The van der Waals surface area contributed by atoms with Gasteiger partial charge in [0.2, 0.25) is 15.9 Å². The van der Waals surface area contributed by atoms with Crippen molar-refractivity contribution in [3.8, 4) is 0 Å². The van der Waals surface area contributed by atoms with Crippen LogP contribution in [-0.4, -0.2) is 43.5 Å². The first-order chi connectivity index (χ1) is 9.94. The average molecular weight is 316 g/mol. The average Bonchev–Trinajstić information content (AvgIpc) is 2.49. The quantitative estimate of drug-likeness (QED) is 0.859. The number of nitrogens with zero attached hydrogens (tertiary/aromatic N) is 1. The normalized spacial score (nSPS) is 29.2. The van der Waals surface area contributed by atoms with Crippen LogP contribution in [0.5, 0.6) is 0 Å². The first-order valence-corrected chi connectivity index (χ1v) is 9.83. The molecule has 2 rings (SSSR count). The van der Waals surface area contributed by atoms with Gasteiger partial charge >= 0.3 is 0 Å². The summed E-state index contributed by atoms with van der Waals surface area (Å²) < 4.78 is 25.2. The molecule has 1 amide bonds. The Kier molecular flexibility index (Phi) is 5.66. The molecule has 1 saturated heterocycles. The molecule has 0 spiro atoms. The molecule has 0 aromatic rings. The summed E-state index contributed by atoms with van der Waals surface area (Å²) in [4.78, 5) is 12.4. The van der Waals surface area contributed by atoms with Gasteiger partial charge in [-0.2, -0.15) is 0 Å². The van der Waals surface area contributed by atoms with E-state index in [-0.39, 0.29) is 17.6 Å². The number of sulfonamides is 1. The van der Waals surface area contributed by atoms with Crippen molar-refractivity contribution in [1.29, 1.82) is 0 Å². The zero-order valence-electron chi connectivity index (χ0n) is 13.2. The second-order valence-electron chi connectivity index (χ2n) is 6.45. The van der Waals surface area contributed by atoms with Gasteiger partial charge in [0.1, 0.15) is 0 Å². The minimum absolute atomic E-state index is 0.0255. The lowest BCUT2D eigenvalue weighted by molar-refractivity contribution is -0.127. The summed E-state index contributed by atoms with van der Waals surface area (Å²) in [5, 5.41) is 3.20. The zero-order valence-corrected chi connectivity index (χ0v) is 14.0. The molecule has 0 radical (unpaired) electrons. The Hall–Kier alpha value is -0.620. The fourth-order valence-electron chi connectivity index (χ4n) is 3.41. The Balaban J connectivity index is 1.83. The molecule has 5 nitrogen and oxygen atoms in total. The van der Waals surface area contributed by atoms with Crippen molar-refractivity contribution in [2.45, 2.75) is 58.4 Å². The summed E-state index contributed by atoms with van der Waals surface area (Å²) in [6.07, 6.45) is 6.02. The third-order valence-corrected chi connectivity index (χ3v) is 6.90. The lowest BCUT2D eigenvalue weighted by Gasteiger charge is -2.34. The smallest absolute Gasteiger partial charge is 0.223 e. The number of hydrogen-bond acceptors (Lipinski definition) is 3. The molecule has 2 fully saturated rings. The molecular weight excluding hydrogens is 288 g/mol. The maximum absolute atomic E-state index is 12.4. The van der Waals surface area contributed by atoms with Gasteiger partial charge in [0.15, 0.2) is 0 Å². The highest BCUT2D eigenvalue weighted by molar-refractivity contribution is 7.89. The number of carbonyl (C=O) groups is 1. The van der Waals surface area contributed by atoms with E-state index in [9.17, 15) is 13.2 Å². The highest BCUT2D eigenvalue weighted by atomic mass is 32.2. The SMILES string of the molecule is CCS(=O)(=O)N1CCC(C(=O)N[C@@H]2CCCC[C@H]2C)CC1. The lowest BCUT2D eigenvalue weighted by atomic mass is 9.85. The molecule has 1 N–H and O–H groups in total. The van der Waals surface area contributed by atoms with Gasteiger partial charge in [-0.1, -0.05) is 19.8 Å². The van der Waals surface area contributed by atoms with Gasteiger partial charge in [0.25, 0.3) is 0 Å². The predicted octanol–water partition coefficient (Wildman–Crippen LogP) is 1.74. The second kappa shape index (κ2) is 7.09. The van der Waals surface area contributed by atoms with Crippen molar-refractivity contribution in [2.24, 2.45) is 11.8 Å². The Bertz CT molecular complexity index is 456. The molecule has 2 aliphatic rings. The fraction of sp³-hybridized carbons (Fsp3) is 0.933. The largest absolute Gasteiger partial charge is 0.353 e. The molecule has 2 atom stereocenters. The summed E-state index contributed by atoms with van der Waals surface area (Å²) in [6, 6.07) is 0.309. The third-order valence-electron chi connectivity index (χ3n) is 5.02. The van der Waals surface area contributed by atoms with Crippen LogP contribution in [0.1, 0.15) is 52.4 Å². The number of amides is 1. The summed E-state index contributed by atoms with van der Waals surface area (Å²) >= 11 is 0. The lowest BCUT2D eigenvalue weighted by Crippen LogP contribution is -2.47. The van der Waals surface area contributed by atoms with Crippen molar-refractivity contribution in [1.82, 2.24) is 9.62 Å². The highest BCUT2D eigenvalue weighted by Gasteiger charge is 2.32. The summed E-state index contributed by atoms with van der Waals surface area (Å²) in [6.45, 7) is 4.84. The minimum Gasteiger partial charge on any atom is -0.353 e. The molecule has 6 heteroatoms. The molecule has 1 heterocycles. The molecule has 0 unspecified atom stereocenters. The van der Waals surface area contributed by atoms with E-state index in [1.807, 2.05) is 0 Å². The van der Waals surface area contributed by atoms with E-state index < -0.39 is 10.0 Å². The van der Waals surface area contributed by atoms with Crippen molar-refractivity contribution in [3.05, 3.63) is 0 Å². The van der Waals surface area contributed by atoms with E-state index in [0.29, 0.717) is 37.9 Å². The summed E-state index contributed by atoms with van der Waals surface area (Å²) in [7, 11) is -3.10. The first-order valence-electron chi connectivity index (χ1n) is 8.22. The monoisotopic (exact) mass is 316 g/mol. The summed E-state index contributed by atoms with van der Waals surface area (Å²) in [5.41, 5.74) is 0. The standard InChI is InChI=1S/C15H28N2O3S/c1-3-21(19,20)17-10-8-13(9-11-17)15(18)16-14-7-5-4-6-12(14)2/h12-14H,3-11H2,1-2H3,(H,16,18)/t12-,14-/m1/s1. The highest BCUT2D eigenvalue weighted by Crippen LogP contribution is 2.25. The van der Waals surface area contributed by atoms with E-state index in [4.69, 9.17) is 0 Å². The summed E-state index contributed by atoms with van der Waals surface area (Å²) in [5.74, 6) is 0.802. The van der Waals surface area contributed by atoms with Gasteiger partial charge in [-0.05, 0) is 38.5 Å². The first kappa shape index (κ1) is 16.7. The van der Waals surface area contributed by atoms with Crippen molar-refractivity contribution in [3.63, 3.8) is 0 Å². The molecule has 1 aliphatic carbocycles. The van der Waals surface area contributed by atoms with Crippen LogP contribution in [0.2, 0.25) is 0 Å². The number of piperidine rings is 1. The Morgan fingerprint density at radius 2 is 1.76 bits per heavy atom. The molecule has 1 saturated carbocycles. The van der Waals surface area contributed by atoms with Crippen molar-refractivity contribution < 1.29 is 13.2 Å². The minimum atomic E-state index is -3.10. The molecule has 0 aromatic carbocycles. The van der Waals surface area contributed by atoms with Crippen LogP contribution in [0.3, 0.4) is 0 Å². The van der Waals surface area contributed by atoms with E-state index in [2.05, 4.69) is 12.2 Å². The van der Waals surface area contributed by atoms with Gasteiger partial charge < -0.3 is 5.32 Å². The second-order valence-corrected chi connectivity index (χ2v) is 8.71. The Morgan fingerprint density at radius 1 is 1.14 bits per heavy atom. The van der Waals surface area contributed by atoms with Crippen LogP contribution in [0, 0.1) is 11.8 Å². The van der Waals surface area contributed by atoms with Crippen molar-refractivity contribution in [2.75, 3.05) is 18.8 Å². The van der Waals surface area contributed by atoms with Gasteiger partial charge in [0, 0.05) is 25.0 Å². The van der Waals surface area contributed by atoms with Gasteiger partial charge in [0.05, 0.1) is 5.75 Å². The molecule has 0 bridgehead atoms. The van der Waals surface area contributed by atoms with E-state index in [1.54, 1.807) is 6.92 Å². The van der Waals surface area contributed by atoms with Gasteiger partial charge in [-0.15, -0.1) is 0 Å². The number of nitrogens with one attached hydrogen (secondary N) is 1. The van der Waals surface area contributed by atoms with Gasteiger partial charge in [-0.3, -0.25) is 4.79 Å².